The zero-order valence-corrected chi connectivity index (χ0v) is 13.4. The number of aromatic nitrogens is 2. The average Bonchev–Trinajstić information content (AvgIpc) is 2.91. The molecule has 0 bridgehead atoms. The maximum atomic E-state index is 13.2. The van der Waals surface area contributed by atoms with E-state index >= 15 is 0 Å². The van der Waals surface area contributed by atoms with E-state index in [2.05, 4.69) is 41.5 Å². The molecule has 0 spiro atoms. The zero-order chi connectivity index (χ0) is 16.3. The van der Waals surface area contributed by atoms with Gasteiger partial charge in [-0.25, -0.2) is 9.02 Å². The molecule has 1 aromatic heterocycles. The van der Waals surface area contributed by atoms with E-state index in [1.165, 1.54) is 18.2 Å². The van der Waals surface area contributed by atoms with Gasteiger partial charge in [-0.15, -0.1) is 0 Å². The fourth-order valence-corrected chi connectivity index (χ4v) is 1.85. The number of carbonyl (C=O) groups is 1. The first-order valence-electron chi connectivity index (χ1n) is 6.33. The Balaban J connectivity index is 2.15. The van der Waals surface area contributed by atoms with Gasteiger partial charge in [0.1, 0.15) is 5.82 Å². The van der Waals surface area contributed by atoms with Crippen LogP contribution in [0.15, 0.2) is 27.3 Å². The highest BCUT2D eigenvalue weighted by atomic mass is 79.9. The SMILES string of the molecule is CC(C)C(=O)Nc1nonc1C(=N)Nc1ccc(F)c(Br)c1. The summed E-state index contributed by atoms with van der Waals surface area (Å²) in [5.74, 6) is -1.02. The summed E-state index contributed by atoms with van der Waals surface area (Å²) in [5.41, 5.74) is 0.525. The van der Waals surface area contributed by atoms with Gasteiger partial charge in [-0.1, -0.05) is 13.8 Å². The number of amidine groups is 1. The minimum Gasteiger partial charge on any atom is -0.339 e. The maximum Gasteiger partial charge on any atom is 0.228 e. The number of nitrogens with one attached hydrogen (secondary N) is 3. The Morgan fingerprint density at radius 1 is 1.36 bits per heavy atom. The average molecular weight is 370 g/mol. The summed E-state index contributed by atoms with van der Waals surface area (Å²) in [7, 11) is 0. The molecule has 0 aliphatic carbocycles. The molecule has 1 heterocycles. The van der Waals surface area contributed by atoms with Gasteiger partial charge in [0.25, 0.3) is 0 Å². The first-order valence-corrected chi connectivity index (χ1v) is 7.12. The second kappa shape index (κ2) is 6.65. The Bertz CT molecular complexity index is 716. The monoisotopic (exact) mass is 369 g/mol. The van der Waals surface area contributed by atoms with Crippen molar-refractivity contribution < 1.29 is 13.8 Å². The smallest absolute Gasteiger partial charge is 0.228 e. The summed E-state index contributed by atoms with van der Waals surface area (Å²) in [6.45, 7) is 3.45. The molecular formula is C13H13BrFN5O2. The molecule has 0 fully saturated rings. The van der Waals surface area contributed by atoms with E-state index in [1.54, 1.807) is 13.8 Å². The molecule has 2 rings (SSSR count). The molecule has 0 aliphatic rings. The van der Waals surface area contributed by atoms with Crippen molar-refractivity contribution in [1.29, 1.82) is 5.41 Å². The van der Waals surface area contributed by atoms with E-state index in [0.717, 1.165) is 0 Å². The van der Waals surface area contributed by atoms with Crippen molar-refractivity contribution in [2.75, 3.05) is 10.6 Å². The molecule has 0 unspecified atom stereocenters. The van der Waals surface area contributed by atoms with Gasteiger partial charge in [0.05, 0.1) is 4.47 Å². The molecule has 9 heteroatoms. The summed E-state index contributed by atoms with van der Waals surface area (Å²) >= 11 is 3.06. The van der Waals surface area contributed by atoms with Crippen LogP contribution in [0.2, 0.25) is 0 Å². The number of hydrogen-bond donors (Lipinski definition) is 3. The third-order valence-corrected chi connectivity index (χ3v) is 3.29. The lowest BCUT2D eigenvalue weighted by Crippen LogP contribution is -2.21. The molecule has 0 saturated carbocycles. The molecule has 116 valence electrons. The van der Waals surface area contributed by atoms with E-state index in [1.807, 2.05) is 0 Å². The molecule has 0 radical (unpaired) electrons. The molecule has 3 N–H and O–H groups in total. The molecule has 0 aliphatic heterocycles. The lowest BCUT2D eigenvalue weighted by Gasteiger charge is -2.08. The van der Waals surface area contributed by atoms with Crippen LogP contribution in [0.5, 0.6) is 0 Å². The van der Waals surface area contributed by atoms with Crippen LogP contribution in [0.25, 0.3) is 0 Å². The van der Waals surface area contributed by atoms with Gasteiger partial charge in [-0.05, 0) is 44.4 Å². The van der Waals surface area contributed by atoms with E-state index in [0.29, 0.717) is 5.69 Å². The van der Waals surface area contributed by atoms with Crippen LogP contribution in [0.4, 0.5) is 15.9 Å². The largest absolute Gasteiger partial charge is 0.339 e. The van der Waals surface area contributed by atoms with Crippen molar-refractivity contribution in [2.24, 2.45) is 5.92 Å². The van der Waals surface area contributed by atoms with E-state index in [9.17, 15) is 9.18 Å². The minimum absolute atomic E-state index is 0.0504. The second-order valence-electron chi connectivity index (χ2n) is 4.73. The molecule has 1 amide bonds. The number of hydrogen-bond acceptors (Lipinski definition) is 5. The van der Waals surface area contributed by atoms with Crippen LogP contribution in [0.3, 0.4) is 0 Å². The summed E-state index contributed by atoms with van der Waals surface area (Å²) in [6.07, 6.45) is 0. The van der Waals surface area contributed by atoms with Crippen LogP contribution in [0.1, 0.15) is 19.5 Å². The molecule has 2 aromatic rings. The van der Waals surface area contributed by atoms with Gasteiger partial charge in [-0.2, -0.15) is 0 Å². The fraction of sp³-hybridized carbons (Fsp3) is 0.231. The molecule has 0 atom stereocenters. The van der Waals surface area contributed by atoms with Crippen LogP contribution in [0, 0.1) is 17.1 Å². The third kappa shape index (κ3) is 3.67. The molecule has 1 aromatic carbocycles. The van der Waals surface area contributed by atoms with Gasteiger partial charge < -0.3 is 10.6 Å². The highest BCUT2D eigenvalue weighted by molar-refractivity contribution is 9.10. The van der Waals surface area contributed by atoms with Crippen molar-refractivity contribution in [1.82, 2.24) is 10.3 Å². The Hall–Kier alpha value is -2.29. The topological polar surface area (TPSA) is 104 Å². The molecule has 22 heavy (non-hydrogen) atoms. The van der Waals surface area contributed by atoms with E-state index in [-0.39, 0.29) is 33.6 Å². The molecular weight excluding hydrogens is 357 g/mol. The van der Waals surface area contributed by atoms with E-state index in [4.69, 9.17) is 5.41 Å². The molecule has 7 nitrogen and oxygen atoms in total. The van der Waals surface area contributed by atoms with Crippen LogP contribution in [-0.2, 0) is 4.79 Å². The van der Waals surface area contributed by atoms with Gasteiger partial charge >= 0.3 is 0 Å². The van der Waals surface area contributed by atoms with Gasteiger partial charge in [0.15, 0.2) is 11.5 Å². The van der Waals surface area contributed by atoms with Gasteiger partial charge in [0, 0.05) is 11.6 Å². The summed E-state index contributed by atoms with van der Waals surface area (Å²) < 4.78 is 18.0. The standard InChI is InChI=1S/C13H13BrFN5O2/c1-6(2)13(21)18-12-10(19-22-20-12)11(16)17-7-3-4-9(15)8(14)5-7/h3-6H,1-2H3,(H2,16,17)(H,18,20,21). The number of rotatable bonds is 4. The lowest BCUT2D eigenvalue weighted by molar-refractivity contribution is -0.118. The fourth-order valence-electron chi connectivity index (χ4n) is 1.47. The summed E-state index contributed by atoms with van der Waals surface area (Å²) in [6, 6.07) is 4.19. The van der Waals surface area contributed by atoms with Crippen molar-refractivity contribution in [3.8, 4) is 0 Å². The van der Waals surface area contributed by atoms with Crippen molar-refractivity contribution in [2.45, 2.75) is 13.8 Å². The van der Waals surface area contributed by atoms with Crippen molar-refractivity contribution in [3.63, 3.8) is 0 Å². The zero-order valence-electron chi connectivity index (χ0n) is 11.8. The van der Waals surface area contributed by atoms with Crippen LogP contribution in [-0.4, -0.2) is 22.1 Å². The Kier molecular flexibility index (Phi) is 4.86. The van der Waals surface area contributed by atoms with Crippen LogP contribution >= 0.6 is 15.9 Å². The highest BCUT2D eigenvalue weighted by Crippen LogP contribution is 2.21. The maximum absolute atomic E-state index is 13.2. The predicted octanol–water partition coefficient (Wildman–Crippen LogP) is 3.00. The molecule has 0 saturated heterocycles. The summed E-state index contributed by atoms with van der Waals surface area (Å²) in [4.78, 5) is 11.7. The highest BCUT2D eigenvalue weighted by Gasteiger charge is 2.19. The quantitative estimate of drug-likeness (QED) is 0.567. The third-order valence-electron chi connectivity index (χ3n) is 2.68. The van der Waals surface area contributed by atoms with E-state index < -0.39 is 5.82 Å². The first-order chi connectivity index (χ1) is 10.4. The Morgan fingerprint density at radius 2 is 2.09 bits per heavy atom. The summed E-state index contributed by atoms with van der Waals surface area (Å²) in [5, 5.41) is 20.4. The number of benzene rings is 1. The normalized spacial score (nSPS) is 10.6. The number of anilines is 2. The second-order valence-corrected chi connectivity index (χ2v) is 5.59. The number of amides is 1. The lowest BCUT2D eigenvalue weighted by atomic mass is 10.2. The Labute approximate surface area is 133 Å². The number of carbonyl (C=O) groups excluding carboxylic acids is 1. The minimum atomic E-state index is -0.412. The van der Waals surface area contributed by atoms with Crippen molar-refractivity contribution >= 4 is 39.2 Å². The predicted molar refractivity (Wildman–Crippen MR) is 82.3 cm³/mol. The number of halogens is 2. The van der Waals surface area contributed by atoms with Crippen molar-refractivity contribution in [3.05, 3.63) is 34.2 Å². The van der Waals surface area contributed by atoms with Gasteiger partial charge in [-0.3, -0.25) is 10.2 Å². The Morgan fingerprint density at radius 3 is 2.73 bits per heavy atom. The first kappa shape index (κ1) is 16.1. The van der Waals surface area contributed by atoms with Crippen LogP contribution < -0.4 is 10.6 Å². The number of nitrogens with zero attached hydrogens (tertiary/aromatic N) is 2. The van der Waals surface area contributed by atoms with Gasteiger partial charge in [0.2, 0.25) is 11.7 Å².